The van der Waals surface area contributed by atoms with Crippen LogP contribution < -0.4 is 0 Å². The Morgan fingerprint density at radius 3 is 1.11 bits per heavy atom. The first-order chi connectivity index (χ1) is 1.41. The van der Waals surface area contributed by atoms with Gasteiger partial charge in [-0.1, -0.05) is 0 Å². The first kappa shape index (κ1) is 47.3. The van der Waals surface area contributed by atoms with E-state index in [1.54, 1.807) is 0 Å². The van der Waals surface area contributed by atoms with Gasteiger partial charge in [0, 0.05) is 74.9 Å². The molecule has 0 nitrogen and oxygen atoms in total. The molecule has 0 heterocycles. The van der Waals surface area contributed by atoms with E-state index in [4.69, 9.17) is 0 Å². The molecule has 0 saturated carbocycles. The first-order valence-electron chi connectivity index (χ1n) is 1.00. The van der Waals surface area contributed by atoms with Gasteiger partial charge in [-0.15, -0.1) is 0 Å². The summed E-state index contributed by atoms with van der Waals surface area (Å²) in [4.78, 5) is 0. The standard InChI is InChI=1S/Al.Ca.Fe.Na.H7PSi2.V.Zn.6H/c;;;;2-1-3;;;;;;;;/h;;;;1H,2-3H3;;;;;;;;. The zero-order valence-electron chi connectivity index (χ0n) is 4.01. The Labute approximate surface area is 163 Å². The third-order valence-corrected chi connectivity index (χ3v) is 0. The van der Waals surface area contributed by atoms with Crippen LogP contribution in [0.3, 0.4) is 0 Å². The van der Waals surface area contributed by atoms with Gasteiger partial charge in [0.25, 0.3) is 0 Å². The van der Waals surface area contributed by atoms with Crippen LogP contribution in [-0.4, -0.2) is 104 Å². The molecule has 9 heteroatoms. The van der Waals surface area contributed by atoms with Crippen LogP contribution in [0.25, 0.3) is 0 Å². The molecule has 0 atom stereocenters. The summed E-state index contributed by atoms with van der Waals surface area (Å²) in [5.41, 5.74) is 0. The maximum Gasteiger partial charge on any atom is 0.0234 e. The fraction of sp³-hybridized carbons (Fsp3) is 0. The Kier molecular flexibility index (Phi) is 264. The van der Waals surface area contributed by atoms with Crippen molar-refractivity contribution in [1.82, 2.24) is 0 Å². The van der Waals surface area contributed by atoms with E-state index in [1.807, 2.05) is 0 Å². The van der Waals surface area contributed by atoms with Gasteiger partial charge < -0.3 is 0 Å². The summed E-state index contributed by atoms with van der Waals surface area (Å²) in [6.07, 6.45) is 0. The molecule has 47 valence electrons. The van der Waals surface area contributed by atoms with Crippen molar-refractivity contribution in [3.05, 3.63) is 0 Å². The van der Waals surface area contributed by atoms with Gasteiger partial charge in [-0.05, 0) is 0 Å². The van der Waals surface area contributed by atoms with E-state index in [-0.39, 0.29) is 140 Å². The predicted molar refractivity (Wildman–Crippen MR) is 53.8 cm³/mol. The normalized spacial score (nSPS) is 4.00. The summed E-state index contributed by atoms with van der Waals surface area (Å²) in [6.45, 7) is 0. The summed E-state index contributed by atoms with van der Waals surface area (Å²) in [6, 6.07) is 0. The van der Waals surface area contributed by atoms with Crippen molar-refractivity contribution in [3.8, 4) is 0 Å². The quantitative estimate of drug-likeness (QED) is 0.301. The van der Waals surface area contributed by atoms with E-state index in [0.29, 0.717) is 0 Å². The molecule has 0 unspecified atom stereocenters. The minimum atomic E-state index is 0. The molecule has 0 fully saturated rings. The molecule has 0 aromatic heterocycles. The molecule has 0 bridgehead atoms. The molecule has 0 rings (SSSR count). The molecule has 0 aliphatic heterocycles. The monoisotopic (exact) mass is 361 g/mol. The molecule has 0 aromatic rings. The average molecular weight is 362 g/mol. The summed E-state index contributed by atoms with van der Waals surface area (Å²) in [5.74, 6) is 0. The third kappa shape index (κ3) is 59.8. The van der Waals surface area contributed by atoms with Crippen LogP contribution in [0, 0.1) is 0 Å². The molecule has 0 spiro atoms. The molecule has 0 aliphatic carbocycles. The van der Waals surface area contributed by atoms with E-state index < -0.39 is 0 Å². The Morgan fingerprint density at radius 1 is 1.11 bits per heavy atom. The van der Waals surface area contributed by atoms with Crippen molar-refractivity contribution in [2.24, 2.45) is 0 Å². The molecular weight excluding hydrogens is 349 g/mol. The van der Waals surface area contributed by atoms with Crippen molar-refractivity contribution in [2.75, 3.05) is 0 Å². The van der Waals surface area contributed by atoms with Crippen LogP contribution in [0.4, 0.5) is 0 Å². The summed E-state index contributed by atoms with van der Waals surface area (Å²) >= 11 is 0. The van der Waals surface area contributed by atoms with Crippen LogP contribution >= 0.6 is 7.68 Å². The minimum absolute atomic E-state index is 0. The van der Waals surface area contributed by atoms with Crippen LogP contribution in [-0.2, 0) is 55.1 Å². The predicted octanol–water partition coefficient (Wildman–Crippen LogP) is -4.53. The smallest absolute Gasteiger partial charge is 0.0234 e. The molecule has 0 amide bonds. The second kappa shape index (κ2) is 50.4. The Morgan fingerprint density at radius 2 is 1.11 bits per heavy atom. The van der Waals surface area contributed by atoms with Crippen molar-refractivity contribution in [2.45, 2.75) is 0 Å². The number of hydrogen-bond acceptors (Lipinski definition) is 0. The van der Waals surface area contributed by atoms with E-state index in [0.717, 1.165) is 0 Å². The minimum Gasteiger partial charge on any atom is -0.164 e. The van der Waals surface area contributed by atoms with Crippen molar-refractivity contribution >= 4 is 112 Å². The van der Waals surface area contributed by atoms with Crippen LogP contribution in [0.15, 0.2) is 0 Å². The fourth-order valence-corrected chi connectivity index (χ4v) is 0. The second-order valence-electron chi connectivity index (χ2n) is 0.500. The molecule has 0 saturated heterocycles. The molecular formula is H13AlCaFeNaPSi2VZn. The van der Waals surface area contributed by atoms with Crippen LogP contribution in [0.1, 0.15) is 0 Å². The molecule has 0 N–H and O–H groups in total. The van der Waals surface area contributed by atoms with Crippen LogP contribution in [0.5, 0.6) is 0 Å². The van der Waals surface area contributed by atoms with E-state index in [9.17, 15) is 0 Å². The zero-order chi connectivity index (χ0) is 2.71. The summed E-state index contributed by atoms with van der Waals surface area (Å²) < 4.78 is 0. The van der Waals surface area contributed by atoms with Crippen molar-refractivity contribution < 1.29 is 55.1 Å². The van der Waals surface area contributed by atoms with E-state index in [2.05, 4.69) is 0 Å². The van der Waals surface area contributed by atoms with Gasteiger partial charge in [-0.2, -0.15) is 7.68 Å². The Hall–Kier alpha value is 5.38. The molecule has 0 aromatic carbocycles. The number of hydrogen-bond donors (Lipinski definition) is 0. The second-order valence-corrected chi connectivity index (χ2v) is 13.5. The first-order valence-corrected chi connectivity index (χ1v) is 9.00. The molecule has 1 radical (unpaired) electrons. The average Bonchev–Trinajstić information content (AvgIpc) is 0.918. The summed E-state index contributed by atoms with van der Waals surface area (Å²) in [7, 11) is 4.28. The van der Waals surface area contributed by atoms with E-state index in [1.165, 1.54) is 27.5 Å². The Bertz CT molecular complexity index is 26.5. The van der Waals surface area contributed by atoms with Gasteiger partial charge in [0.15, 0.2) is 17.4 Å². The van der Waals surface area contributed by atoms with E-state index >= 15 is 0 Å². The maximum absolute atomic E-state index is 1.46. The number of rotatable bonds is 0. The fourth-order valence-electron chi connectivity index (χ4n) is 0. The molecule has 0 aliphatic rings. The van der Waals surface area contributed by atoms with Gasteiger partial charge >= 0.3 is 67.3 Å². The third-order valence-electron chi connectivity index (χ3n) is 0. The van der Waals surface area contributed by atoms with Gasteiger partial charge in [0.1, 0.15) is 0 Å². The Balaban J connectivity index is -0.00000000133. The van der Waals surface area contributed by atoms with Crippen molar-refractivity contribution in [1.29, 1.82) is 0 Å². The topological polar surface area (TPSA) is 0 Å². The van der Waals surface area contributed by atoms with Gasteiger partial charge in [0.05, 0.1) is 0 Å². The van der Waals surface area contributed by atoms with Crippen LogP contribution in [0.2, 0.25) is 0 Å². The van der Waals surface area contributed by atoms with Gasteiger partial charge in [0.2, 0.25) is 0 Å². The zero-order valence-corrected chi connectivity index (χ0v) is 14.5. The maximum atomic E-state index is 1.46. The largest absolute Gasteiger partial charge is 0.164 e. The molecule has 9 heavy (non-hydrogen) atoms. The SMILES string of the molecule is [AlH3].[CaH2].[Fe].[NaH].[SiH3]P[SiH3].[V].[Zn]. The van der Waals surface area contributed by atoms with Gasteiger partial charge in [-0.3, -0.25) is 0 Å². The summed E-state index contributed by atoms with van der Waals surface area (Å²) in [5, 5.41) is 0. The van der Waals surface area contributed by atoms with Gasteiger partial charge in [-0.25, -0.2) is 0 Å². The van der Waals surface area contributed by atoms with Crippen molar-refractivity contribution in [3.63, 3.8) is 0 Å².